The van der Waals surface area contributed by atoms with E-state index in [0.717, 1.165) is 17.5 Å². The van der Waals surface area contributed by atoms with Crippen molar-refractivity contribution in [2.24, 2.45) is 5.92 Å². The molecule has 1 saturated heterocycles. The number of carboxylic acid groups (broad SMARTS) is 1. The van der Waals surface area contributed by atoms with Crippen LogP contribution >= 0.6 is 0 Å². The van der Waals surface area contributed by atoms with Crippen molar-refractivity contribution in [1.29, 1.82) is 0 Å². The Kier molecular flexibility index (Phi) is 9.76. The summed E-state index contributed by atoms with van der Waals surface area (Å²) in [7, 11) is 0. The summed E-state index contributed by atoms with van der Waals surface area (Å²) in [6.45, 7) is 0.537. The number of benzene rings is 2. The monoisotopic (exact) mass is 493 g/mol. The van der Waals surface area contributed by atoms with Crippen molar-refractivity contribution in [2.45, 2.75) is 43.9 Å². The van der Waals surface area contributed by atoms with Crippen LogP contribution in [0.4, 0.5) is 0 Å². The van der Waals surface area contributed by atoms with Crippen molar-refractivity contribution in [3.63, 3.8) is 0 Å². The first-order valence-electron chi connectivity index (χ1n) is 11.9. The maximum atomic E-state index is 13.3. The Bertz CT molecular complexity index is 1070. The highest BCUT2D eigenvalue weighted by molar-refractivity contribution is 5.96. The normalized spacial score (nSPS) is 18.0. The van der Waals surface area contributed by atoms with Gasteiger partial charge < -0.3 is 26.2 Å². The molecule has 5 N–H and O–H groups in total. The van der Waals surface area contributed by atoms with Crippen LogP contribution in [-0.4, -0.2) is 58.6 Å². The lowest BCUT2D eigenvalue weighted by molar-refractivity contribution is -0.149. The van der Waals surface area contributed by atoms with E-state index in [0.29, 0.717) is 13.0 Å². The second-order valence-corrected chi connectivity index (χ2v) is 8.76. The van der Waals surface area contributed by atoms with Crippen LogP contribution in [0.1, 0.15) is 30.4 Å². The van der Waals surface area contributed by atoms with Gasteiger partial charge in [-0.1, -0.05) is 60.7 Å². The van der Waals surface area contributed by atoms with Crippen LogP contribution in [0.15, 0.2) is 66.7 Å². The molecule has 36 heavy (non-hydrogen) atoms. The Hall–Kier alpha value is -3.98. The Labute approximate surface area is 209 Å². The van der Waals surface area contributed by atoms with Crippen molar-refractivity contribution in [1.82, 2.24) is 16.0 Å². The van der Waals surface area contributed by atoms with E-state index in [9.17, 15) is 29.4 Å². The van der Waals surface area contributed by atoms with Crippen molar-refractivity contribution in [3.05, 3.63) is 77.9 Å². The van der Waals surface area contributed by atoms with Crippen LogP contribution in [0.2, 0.25) is 0 Å². The van der Waals surface area contributed by atoms with Gasteiger partial charge in [-0.25, -0.2) is 4.79 Å². The minimum Gasteiger partial charge on any atom is -0.479 e. The van der Waals surface area contributed by atoms with Gasteiger partial charge in [-0.2, -0.15) is 0 Å². The highest BCUT2D eigenvalue weighted by atomic mass is 16.4. The second kappa shape index (κ2) is 13.2. The van der Waals surface area contributed by atoms with Gasteiger partial charge in [-0.3, -0.25) is 14.4 Å². The van der Waals surface area contributed by atoms with Gasteiger partial charge in [0.1, 0.15) is 6.04 Å². The molecule has 190 valence electrons. The molecule has 1 aliphatic rings. The van der Waals surface area contributed by atoms with Crippen LogP contribution in [-0.2, 0) is 25.6 Å². The van der Waals surface area contributed by atoms with Crippen LogP contribution < -0.4 is 16.0 Å². The predicted molar refractivity (Wildman–Crippen MR) is 133 cm³/mol. The lowest BCUT2D eigenvalue weighted by Crippen LogP contribution is -2.55. The van der Waals surface area contributed by atoms with E-state index in [1.807, 2.05) is 48.5 Å². The van der Waals surface area contributed by atoms with Gasteiger partial charge in [-0.05, 0) is 36.5 Å². The molecule has 1 aliphatic heterocycles. The second-order valence-electron chi connectivity index (χ2n) is 8.76. The van der Waals surface area contributed by atoms with Gasteiger partial charge in [0, 0.05) is 25.0 Å². The fraction of sp³-hybridized carbons (Fsp3) is 0.333. The standard InChI is InChI=1S/C27H31N3O6/c31-23(14-13-18-8-3-1-4-9-18)29-22(16-19-10-5-2-6-11-19)26(34)30-21(24(32)27(35)36)17-20-12-7-15-28-25(20)33/h1-6,8-11,13-14,20-22,24,32H,7,12,15-17H2,(H,28,33)(H,29,31)(H,30,34)(H,35,36)/b14-13+/t20-,21-,22-,24?/m0/s1. The van der Waals surface area contributed by atoms with Gasteiger partial charge >= 0.3 is 5.97 Å². The average molecular weight is 494 g/mol. The van der Waals surface area contributed by atoms with Crippen molar-refractivity contribution >= 4 is 29.8 Å². The Morgan fingerprint density at radius 1 is 1.03 bits per heavy atom. The summed E-state index contributed by atoms with van der Waals surface area (Å²) < 4.78 is 0. The lowest BCUT2D eigenvalue weighted by atomic mass is 9.89. The summed E-state index contributed by atoms with van der Waals surface area (Å²) in [5, 5.41) is 27.6. The summed E-state index contributed by atoms with van der Waals surface area (Å²) >= 11 is 0. The molecule has 1 heterocycles. The first-order chi connectivity index (χ1) is 17.3. The molecule has 9 heteroatoms. The topological polar surface area (TPSA) is 145 Å². The van der Waals surface area contributed by atoms with E-state index < -0.39 is 41.9 Å². The quantitative estimate of drug-likeness (QED) is 0.298. The number of carboxylic acids is 1. The SMILES string of the molecule is O=C(/C=C/c1ccccc1)N[C@@H](Cc1ccccc1)C(=O)N[C@@H](C[C@@H]1CCCNC1=O)C(O)C(=O)O. The number of aliphatic hydroxyl groups excluding tert-OH is 1. The molecule has 0 radical (unpaired) electrons. The summed E-state index contributed by atoms with van der Waals surface area (Å²) in [5.41, 5.74) is 1.60. The molecule has 2 aromatic carbocycles. The average Bonchev–Trinajstić information content (AvgIpc) is 2.88. The van der Waals surface area contributed by atoms with E-state index in [1.54, 1.807) is 18.2 Å². The smallest absolute Gasteiger partial charge is 0.334 e. The fourth-order valence-electron chi connectivity index (χ4n) is 4.10. The molecule has 1 fully saturated rings. The van der Waals surface area contributed by atoms with Crippen molar-refractivity contribution < 1.29 is 29.4 Å². The molecule has 0 aliphatic carbocycles. The molecule has 1 unspecified atom stereocenters. The minimum atomic E-state index is -1.91. The van der Waals surface area contributed by atoms with Gasteiger partial charge in [0.2, 0.25) is 17.7 Å². The first kappa shape index (κ1) is 26.6. The fourth-order valence-corrected chi connectivity index (χ4v) is 4.10. The zero-order valence-corrected chi connectivity index (χ0v) is 19.8. The predicted octanol–water partition coefficient (Wildman–Crippen LogP) is 1.27. The third-order valence-corrected chi connectivity index (χ3v) is 6.04. The highest BCUT2D eigenvalue weighted by Crippen LogP contribution is 2.19. The van der Waals surface area contributed by atoms with E-state index in [2.05, 4.69) is 16.0 Å². The van der Waals surface area contributed by atoms with E-state index in [4.69, 9.17) is 0 Å². The molecule has 3 amide bonds. The zero-order chi connectivity index (χ0) is 25.9. The molecule has 0 aromatic heterocycles. The summed E-state index contributed by atoms with van der Waals surface area (Å²) in [6, 6.07) is 16.0. The van der Waals surface area contributed by atoms with E-state index in [-0.39, 0.29) is 18.7 Å². The Morgan fingerprint density at radius 3 is 2.33 bits per heavy atom. The molecule has 9 nitrogen and oxygen atoms in total. The largest absolute Gasteiger partial charge is 0.479 e. The van der Waals surface area contributed by atoms with Gasteiger partial charge in [0.15, 0.2) is 6.10 Å². The molecular formula is C27H31N3O6. The van der Waals surface area contributed by atoms with Gasteiger partial charge in [0.05, 0.1) is 6.04 Å². The molecule has 2 aromatic rings. The lowest BCUT2D eigenvalue weighted by Gasteiger charge is -2.29. The van der Waals surface area contributed by atoms with Gasteiger partial charge in [0.25, 0.3) is 0 Å². The zero-order valence-electron chi connectivity index (χ0n) is 19.8. The van der Waals surface area contributed by atoms with Crippen molar-refractivity contribution in [2.75, 3.05) is 6.54 Å². The van der Waals surface area contributed by atoms with E-state index in [1.165, 1.54) is 6.08 Å². The maximum Gasteiger partial charge on any atom is 0.334 e. The number of piperidine rings is 1. The Morgan fingerprint density at radius 2 is 1.69 bits per heavy atom. The number of aliphatic hydroxyl groups is 1. The molecule has 0 bridgehead atoms. The number of hydrogen-bond donors (Lipinski definition) is 5. The number of hydrogen-bond acceptors (Lipinski definition) is 5. The molecule has 3 rings (SSSR count). The molecule has 0 spiro atoms. The third kappa shape index (κ3) is 8.06. The number of aliphatic carboxylic acids is 1. The maximum absolute atomic E-state index is 13.3. The first-order valence-corrected chi connectivity index (χ1v) is 11.9. The van der Waals surface area contributed by atoms with Crippen molar-refractivity contribution in [3.8, 4) is 0 Å². The summed E-state index contributed by atoms with van der Waals surface area (Å²) in [5.74, 6) is -3.43. The van der Waals surface area contributed by atoms with Crippen LogP contribution in [0.3, 0.4) is 0 Å². The molecule has 4 atom stereocenters. The Balaban J connectivity index is 1.75. The number of nitrogens with one attached hydrogen (secondary N) is 3. The van der Waals surface area contributed by atoms with Crippen LogP contribution in [0.5, 0.6) is 0 Å². The highest BCUT2D eigenvalue weighted by Gasteiger charge is 2.34. The minimum absolute atomic E-state index is 0.0368. The molecular weight excluding hydrogens is 462 g/mol. The number of rotatable bonds is 11. The number of carbonyl (C=O) groups excluding carboxylic acids is 3. The van der Waals surface area contributed by atoms with Crippen LogP contribution in [0, 0.1) is 5.92 Å². The van der Waals surface area contributed by atoms with Gasteiger partial charge in [-0.15, -0.1) is 0 Å². The van der Waals surface area contributed by atoms with Crippen LogP contribution in [0.25, 0.3) is 6.08 Å². The van der Waals surface area contributed by atoms with E-state index >= 15 is 0 Å². The number of carbonyl (C=O) groups is 4. The number of amides is 3. The summed E-state index contributed by atoms with van der Waals surface area (Å²) in [6.07, 6.45) is 2.39. The molecule has 0 saturated carbocycles. The summed E-state index contributed by atoms with van der Waals surface area (Å²) in [4.78, 5) is 49.6. The third-order valence-electron chi connectivity index (χ3n) is 6.04.